The van der Waals surface area contributed by atoms with Crippen LogP contribution >= 0.6 is 0 Å². The highest BCUT2D eigenvalue weighted by Crippen LogP contribution is 2.31. The minimum absolute atomic E-state index is 1.01. The van der Waals surface area contributed by atoms with Gasteiger partial charge in [0.2, 0.25) is 5.69 Å². The van der Waals surface area contributed by atoms with Crippen LogP contribution in [0.3, 0.4) is 0 Å². The summed E-state index contributed by atoms with van der Waals surface area (Å²) in [6.07, 6.45) is 3.91. The molecule has 0 atom stereocenters. The van der Waals surface area contributed by atoms with Crippen LogP contribution in [0.15, 0.2) is 67.0 Å². The van der Waals surface area contributed by atoms with Crippen LogP contribution in [0, 0.1) is 6.92 Å². The van der Waals surface area contributed by atoms with E-state index in [1.54, 1.807) is 0 Å². The predicted molar refractivity (Wildman–Crippen MR) is 81.0 cm³/mol. The summed E-state index contributed by atoms with van der Waals surface area (Å²) >= 11 is 0. The molecule has 0 radical (unpaired) electrons. The van der Waals surface area contributed by atoms with Crippen LogP contribution in [0.4, 0.5) is 0 Å². The monoisotopic (exact) mass is 261 g/mol. The highest BCUT2D eigenvalue weighted by atomic mass is 14.9. The van der Waals surface area contributed by atoms with Gasteiger partial charge in [-0.15, -0.1) is 0 Å². The first-order valence-electron chi connectivity index (χ1n) is 6.73. The zero-order valence-corrected chi connectivity index (χ0v) is 11.7. The third-order valence-corrected chi connectivity index (χ3v) is 3.52. The lowest BCUT2D eigenvalue weighted by Gasteiger charge is -2.10. The van der Waals surface area contributed by atoms with E-state index in [0.717, 1.165) is 5.69 Å². The molecule has 0 aliphatic heterocycles. The molecule has 0 bridgehead atoms. The van der Waals surface area contributed by atoms with Gasteiger partial charge in [-0.2, -0.15) is 0 Å². The SMILES string of the molecule is Cc1cccc(-c2ccccn2)c1-c1cccc[n+]1C. The van der Waals surface area contributed by atoms with E-state index in [4.69, 9.17) is 0 Å². The number of aromatic nitrogens is 2. The normalized spacial score (nSPS) is 10.5. The van der Waals surface area contributed by atoms with Crippen molar-refractivity contribution in [3.63, 3.8) is 0 Å². The average Bonchev–Trinajstić information content (AvgIpc) is 2.49. The Morgan fingerprint density at radius 1 is 0.900 bits per heavy atom. The smallest absolute Gasteiger partial charge is 0.213 e. The summed E-state index contributed by atoms with van der Waals surface area (Å²) in [6.45, 7) is 2.15. The van der Waals surface area contributed by atoms with Crippen molar-refractivity contribution >= 4 is 0 Å². The Hall–Kier alpha value is -2.48. The van der Waals surface area contributed by atoms with E-state index in [-0.39, 0.29) is 0 Å². The van der Waals surface area contributed by atoms with Crippen molar-refractivity contribution in [1.82, 2.24) is 4.98 Å². The number of rotatable bonds is 2. The first-order chi connectivity index (χ1) is 9.77. The molecule has 2 heterocycles. The van der Waals surface area contributed by atoms with Crippen molar-refractivity contribution in [1.29, 1.82) is 0 Å². The maximum absolute atomic E-state index is 4.50. The van der Waals surface area contributed by atoms with Gasteiger partial charge in [-0.05, 0) is 30.7 Å². The summed E-state index contributed by atoms with van der Waals surface area (Å²) in [6, 6.07) is 18.7. The predicted octanol–water partition coefficient (Wildman–Crippen LogP) is 3.55. The number of hydrogen-bond donors (Lipinski definition) is 0. The standard InChI is InChI=1S/C18H17N2/c1-14-8-7-9-15(16-10-3-5-12-19-16)18(14)17-11-4-6-13-20(17)2/h3-13H,1-2H3/q+1. The van der Waals surface area contributed by atoms with Gasteiger partial charge < -0.3 is 0 Å². The molecule has 0 aliphatic rings. The highest BCUT2D eigenvalue weighted by Gasteiger charge is 2.17. The minimum Gasteiger partial charge on any atom is -0.256 e. The Morgan fingerprint density at radius 2 is 1.75 bits per heavy atom. The number of aryl methyl sites for hydroxylation is 2. The molecule has 0 N–H and O–H groups in total. The molecule has 2 heteroatoms. The Labute approximate surface area is 119 Å². The zero-order chi connectivity index (χ0) is 13.9. The first-order valence-corrected chi connectivity index (χ1v) is 6.73. The summed E-state index contributed by atoms with van der Waals surface area (Å²) < 4.78 is 2.15. The molecule has 0 fully saturated rings. The molecule has 98 valence electrons. The maximum atomic E-state index is 4.50. The van der Waals surface area contributed by atoms with Crippen molar-refractivity contribution in [2.45, 2.75) is 6.92 Å². The van der Waals surface area contributed by atoms with E-state index in [2.05, 4.69) is 66.1 Å². The third-order valence-electron chi connectivity index (χ3n) is 3.52. The van der Waals surface area contributed by atoms with Gasteiger partial charge in [-0.1, -0.05) is 24.3 Å². The zero-order valence-electron chi connectivity index (χ0n) is 11.7. The molecule has 2 aromatic heterocycles. The van der Waals surface area contributed by atoms with Crippen LogP contribution in [0.25, 0.3) is 22.5 Å². The molecule has 2 nitrogen and oxygen atoms in total. The number of benzene rings is 1. The van der Waals surface area contributed by atoms with Gasteiger partial charge in [-0.3, -0.25) is 4.98 Å². The van der Waals surface area contributed by atoms with E-state index in [1.165, 1.54) is 22.4 Å². The second-order valence-electron chi connectivity index (χ2n) is 4.91. The van der Waals surface area contributed by atoms with Gasteiger partial charge >= 0.3 is 0 Å². The molecular formula is C18H17N2+. The van der Waals surface area contributed by atoms with Crippen molar-refractivity contribution in [3.05, 3.63) is 72.6 Å². The lowest BCUT2D eigenvalue weighted by atomic mass is 9.96. The van der Waals surface area contributed by atoms with Crippen molar-refractivity contribution in [2.24, 2.45) is 7.05 Å². The van der Waals surface area contributed by atoms with Gasteiger partial charge in [0.05, 0.1) is 11.3 Å². The van der Waals surface area contributed by atoms with E-state index in [1.807, 2.05) is 24.4 Å². The Bertz CT molecular complexity index is 733. The number of hydrogen-bond acceptors (Lipinski definition) is 1. The summed E-state index contributed by atoms with van der Waals surface area (Å²) in [5, 5.41) is 0. The summed E-state index contributed by atoms with van der Waals surface area (Å²) in [5.74, 6) is 0. The van der Waals surface area contributed by atoms with Gasteiger partial charge in [-0.25, -0.2) is 4.57 Å². The molecule has 20 heavy (non-hydrogen) atoms. The molecule has 0 unspecified atom stereocenters. The second kappa shape index (κ2) is 5.25. The fourth-order valence-corrected chi connectivity index (χ4v) is 2.53. The van der Waals surface area contributed by atoms with Gasteiger partial charge in [0.15, 0.2) is 6.20 Å². The highest BCUT2D eigenvalue weighted by molar-refractivity contribution is 5.81. The molecule has 0 amide bonds. The fraction of sp³-hybridized carbons (Fsp3) is 0.111. The van der Waals surface area contributed by atoms with E-state index < -0.39 is 0 Å². The van der Waals surface area contributed by atoms with Gasteiger partial charge in [0.1, 0.15) is 7.05 Å². The molecule has 3 rings (SSSR count). The largest absolute Gasteiger partial charge is 0.256 e. The van der Waals surface area contributed by atoms with Crippen LogP contribution in [0.5, 0.6) is 0 Å². The molecule has 0 saturated heterocycles. The minimum atomic E-state index is 1.01. The molecule has 0 spiro atoms. The fourth-order valence-electron chi connectivity index (χ4n) is 2.53. The van der Waals surface area contributed by atoms with Gasteiger partial charge in [0, 0.05) is 23.9 Å². The summed E-state index contributed by atoms with van der Waals surface area (Å²) in [7, 11) is 2.07. The lowest BCUT2D eigenvalue weighted by molar-refractivity contribution is -0.660. The molecule has 0 saturated carbocycles. The number of pyridine rings is 2. The van der Waals surface area contributed by atoms with Crippen LogP contribution < -0.4 is 4.57 Å². The molecule has 0 aliphatic carbocycles. The molecular weight excluding hydrogens is 244 g/mol. The van der Waals surface area contributed by atoms with Crippen LogP contribution in [0.2, 0.25) is 0 Å². The van der Waals surface area contributed by atoms with E-state index in [9.17, 15) is 0 Å². The third kappa shape index (κ3) is 2.21. The van der Waals surface area contributed by atoms with Crippen molar-refractivity contribution < 1.29 is 4.57 Å². The summed E-state index contributed by atoms with van der Waals surface area (Å²) in [4.78, 5) is 4.50. The number of nitrogens with zero attached hydrogens (tertiary/aromatic N) is 2. The Morgan fingerprint density at radius 3 is 2.50 bits per heavy atom. The van der Waals surface area contributed by atoms with E-state index >= 15 is 0 Å². The maximum Gasteiger partial charge on any atom is 0.213 e. The average molecular weight is 261 g/mol. The Kier molecular flexibility index (Phi) is 3.30. The van der Waals surface area contributed by atoms with Crippen LogP contribution in [-0.4, -0.2) is 4.98 Å². The van der Waals surface area contributed by atoms with Crippen LogP contribution in [0.1, 0.15) is 5.56 Å². The lowest BCUT2D eigenvalue weighted by Crippen LogP contribution is -2.30. The molecule has 1 aromatic carbocycles. The second-order valence-corrected chi connectivity index (χ2v) is 4.91. The van der Waals surface area contributed by atoms with Gasteiger partial charge in [0.25, 0.3) is 0 Å². The summed E-state index contributed by atoms with van der Waals surface area (Å²) in [5.41, 5.74) is 5.89. The Balaban J connectivity index is 2.29. The van der Waals surface area contributed by atoms with Crippen molar-refractivity contribution in [2.75, 3.05) is 0 Å². The first kappa shape index (κ1) is 12.5. The quantitative estimate of drug-likeness (QED) is 0.645. The van der Waals surface area contributed by atoms with E-state index in [0.29, 0.717) is 0 Å². The van der Waals surface area contributed by atoms with Crippen molar-refractivity contribution in [3.8, 4) is 22.5 Å². The topological polar surface area (TPSA) is 16.8 Å². The molecule has 3 aromatic rings. The van der Waals surface area contributed by atoms with Crippen LogP contribution in [-0.2, 0) is 7.05 Å².